The van der Waals surface area contributed by atoms with Crippen molar-refractivity contribution in [1.82, 2.24) is 20.0 Å². The summed E-state index contributed by atoms with van der Waals surface area (Å²) in [4.78, 5) is 12.7. The van der Waals surface area contributed by atoms with E-state index in [1.54, 1.807) is 10.7 Å². The van der Waals surface area contributed by atoms with Crippen molar-refractivity contribution < 1.29 is 14.6 Å². The fraction of sp³-hybridized carbons (Fsp3) is 0.0556. The maximum atomic E-state index is 12.7. The Hall–Kier alpha value is -3.81. The number of anilines is 1. The van der Waals surface area contributed by atoms with Crippen LogP contribution in [0.4, 0.5) is 5.82 Å². The van der Waals surface area contributed by atoms with Crippen LogP contribution in [-0.4, -0.2) is 38.1 Å². The first-order valence-corrected chi connectivity index (χ1v) is 7.83. The predicted molar refractivity (Wildman–Crippen MR) is 95.8 cm³/mol. The second kappa shape index (κ2) is 6.25. The number of fused-ring (bicyclic) bond motifs is 1. The lowest BCUT2D eigenvalue weighted by atomic mass is 10.2. The molecule has 4 rings (SSSR count). The third kappa shape index (κ3) is 2.63. The molecule has 0 aliphatic heterocycles. The zero-order chi connectivity index (χ0) is 18.1. The topological polar surface area (TPSA) is 105 Å². The molecule has 0 aliphatic rings. The van der Waals surface area contributed by atoms with Gasteiger partial charge in [0.15, 0.2) is 5.82 Å². The van der Waals surface area contributed by atoms with E-state index < -0.39 is 5.91 Å². The number of carbonyl (C=O) groups excluding carboxylic acids is 1. The van der Waals surface area contributed by atoms with Crippen molar-refractivity contribution in [2.75, 3.05) is 12.4 Å². The summed E-state index contributed by atoms with van der Waals surface area (Å²) in [5, 5.41) is 24.1. The number of aromatic amines is 1. The molecule has 0 aliphatic carbocycles. The van der Waals surface area contributed by atoms with Gasteiger partial charge in [0.2, 0.25) is 5.88 Å². The highest BCUT2D eigenvalue weighted by molar-refractivity contribution is 6.09. The SMILES string of the molecule is COc1c(C(=O)Nc2n[nH]c3cc(O)ccc23)cnn1-c1ccccc1. The number of hydrogen-bond acceptors (Lipinski definition) is 5. The van der Waals surface area contributed by atoms with Crippen molar-refractivity contribution in [3.63, 3.8) is 0 Å². The number of phenols is 1. The van der Waals surface area contributed by atoms with Crippen molar-refractivity contribution in [1.29, 1.82) is 0 Å². The Morgan fingerprint density at radius 2 is 2.04 bits per heavy atom. The van der Waals surface area contributed by atoms with Crippen molar-refractivity contribution in [3.05, 3.63) is 60.3 Å². The fourth-order valence-electron chi connectivity index (χ4n) is 2.72. The number of benzene rings is 2. The third-order valence-electron chi connectivity index (χ3n) is 3.94. The van der Waals surface area contributed by atoms with Gasteiger partial charge in [-0.25, -0.2) is 4.68 Å². The van der Waals surface area contributed by atoms with Gasteiger partial charge in [-0.05, 0) is 24.3 Å². The summed E-state index contributed by atoms with van der Waals surface area (Å²) in [7, 11) is 1.49. The molecule has 26 heavy (non-hydrogen) atoms. The third-order valence-corrected chi connectivity index (χ3v) is 3.94. The first-order chi connectivity index (χ1) is 12.7. The van der Waals surface area contributed by atoms with E-state index in [0.717, 1.165) is 5.69 Å². The van der Waals surface area contributed by atoms with Crippen LogP contribution in [0, 0.1) is 0 Å². The summed E-state index contributed by atoms with van der Waals surface area (Å²) in [5.41, 5.74) is 1.68. The van der Waals surface area contributed by atoms with E-state index in [4.69, 9.17) is 4.74 Å². The van der Waals surface area contributed by atoms with E-state index in [2.05, 4.69) is 20.6 Å². The van der Waals surface area contributed by atoms with Crippen LogP contribution in [0.25, 0.3) is 16.6 Å². The molecule has 2 aromatic carbocycles. The Bertz CT molecular complexity index is 1080. The molecular weight excluding hydrogens is 334 g/mol. The summed E-state index contributed by atoms with van der Waals surface area (Å²) >= 11 is 0. The average Bonchev–Trinajstić information content (AvgIpc) is 3.26. The van der Waals surface area contributed by atoms with Gasteiger partial charge in [0.1, 0.15) is 11.3 Å². The van der Waals surface area contributed by atoms with E-state index in [-0.39, 0.29) is 11.3 Å². The first kappa shape index (κ1) is 15.7. The minimum Gasteiger partial charge on any atom is -0.508 e. The summed E-state index contributed by atoms with van der Waals surface area (Å²) in [6, 6.07) is 14.1. The van der Waals surface area contributed by atoms with Crippen LogP contribution in [0.5, 0.6) is 11.6 Å². The number of rotatable bonds is 4. The lowest BCUT2D eigenvalue weighted by Gasteiger charge is -2.08. The van der Waals surface area contributed by atoms with Crippen molar-refractivity contribution >= 4 is 22.6 Å². The predicted octanol–water partition coefficient (Wildman–Crippen LogP) is 2.72. The van der Waals surface area contributed by atoms with Crippen LogP contribution in [0.2, 0.25) is 0 Å². The molecular formula is C18H15N5O3. The number of nitrogens with zero attached hydrogens (tertiary/aromatic N) is 3. The summed E-state index contributed by atoms with van der Waals surface area (Å²) in [6.45, 7) is 0. The zero-order valence-electron chi connectivity index (χ0n) is 13.8. The summed E-state index contributed by atoms with van der Waals surface area (Å²) in [6.07, 6.45) is 1.45. The normalized spacial score (nSPS) is 10.8. The van der Waals surface area contributed by atoms with E-state index in [0.29, 0.717) is 22.6 Å². The minimum atomic E-state index is -0.398. The zero-order valence-corrected chi connectivity index (χ0v) is 13.8. The van der Waals surface area contributed by atoms with Gasteiger partial charge in [-0.1, -0.05) is 18.2 Å². The van der Waals surface area contributed by atoms with Crippen LogP contribution in [-0.2, 0) is 0 Å². The number of aromatic hydroxyl groups is 1. The van der Waals surface area contributed by atoms with Gasteiger partial charge in [-0.2, -0.15) is 10.2 Å². The Morgan fingerprint density at radius 1 is 1.23 bits per heavy atom. The molecule has 0 atom stereocenters. The fourth-order valence-corrected chi connectivity index (χ4v) is 2.72. The molecule has 0 saturated heterocycles. The number of phenolic OH excluding ortho intramolecular Hbond substituents is 1. The minimum absolute atomic E-state index is 0.116. The molecule has 0 radical (unpaired) electrons. The molecule has 1 amide bonds. The van der Waals surface area contributed by atoms with Gasteiger partial charge >= 0.3 is 0 Å². The molecule has 130 valence electrons. The Balaban J connectivity index is 1.67. The lowest BCUT2D eigenvalue weighted by molar-refractivity contribution is 0.102. The number of H-pyrrole nitrogens is 1. The van der Waals surface area contributed by atoms with E-state index >= 15 is 0 Å². The Kier molecular flexibility index (Phi) is 3.77. The number of hydrogen-bond donors (Lipinski definition) is 3. The molecule has 3 N–H and O–H groups in total. The van der Waals surface area contributed by atoms with Gasteiger partial charge in [-0.3, -0.25) is 9.89 Å². The monoisotopic (exact) mass is 349 g/mol. The molecule has 0 fully saturated rings. The van der Waals surface area contributed by atoms with Crippen LogP contribution >= 0.6 is 0 Å². The standard InChI is InChI=1S/C18H15N5O3/c1-26-18-14(10-19-23(18)11-5-3-2-4-6-11)17(25)20-16-13-8-7-12(24)9-15(13)21-22-16/h2-10,24H,1H3,(H2,20,21,22,25). The second-order valence-corrected chi connectivity index (χ2v) is 5.57. The van der Waals surface area contributed by atoms with Crippen LogP contribution in [0.1, 0.15) is 10.4 Å². The van der Waals surface area contributed by atoms with Gasteiger partial charge in [-0.15, -0.1) is 0 Å². The van der Waals surface area contributed by atoms with Gasteiger partial charge in [0, 0.05) is 11.5 Å². The Morgan fingerprint density at radius 3 is 2.81 bits per heavy atom. The van der Waals surface area contributed by atoms with Crippen LogP contribution < -0.4 is 10.1 Å². The Labute approximate surface area is 148 Å². The maximum Gasteiger partial charge on any atom is 0.264 e. The quantitative estimate of drug-likeness (QED) is 0.525. The summed E-state index contributed by atoms with van der Waals surface area (Å²) < 4.78 is 6.94. The van der Waals surface area contributed by atoms with Crippen molar-refractivity contribution in [2.45, 2.75) is 0 Å². The van der Waals surface area contributed by atoms with Crippen molar-refractivity contribution in [3.8, 4) is 17.3 Å². The molecule has 2 heterocycles. The number of para-hydroxylation sites is 1. The molecule has 8 nitrogen and oxygen atoms in total. The molecule has 0 bridgehead atoms. The number of amides is 1. The highest BCUT2D eigenvalue weighted by atomic mass is 16.5. The van der Waals surface area contributed by atoms with Crippen LogP contribution in [0.15, 0.2) is 54.7 Å². The summed E-state index contributed by atoms with van der Waals surface area (Å²) in [5.74, 6) is 0.404. The number of methoxy groups -OCH3 is 1. The van der Waals surface area contributed by atoms with Gasteiger partial charge < -0.3 is 15.2 Å². The van der Waals surface area contributed by atoms with E-state index in [9.17, 15) is 9.90 Å². The number of ether oxygens (including phenoxy) is 1. The molecule has 4 aromatic rings. The van der Waals surface area contributed by atoms with Crippen molar-refractivity contribution in [2.24, 2.45) is 0 Å². The first-order valence-electron chi connectivity index (χ1n) is 7.83. The highest BCUT2D eigenvalue weighted by Crippen LogP contribution is 2.26. The maximum absolute atomic E-state index is 12.7. The lowest BCUT2D eigenvalue weighted by Crippen LogP contribution is -2.13. The van der Waals surface area contributed by atoms with E-state index in [1.807, 2.05) is 30.3 Å². The van der Waals surface area contributed by atoms with E-state index in [1.165, 1.54) is 25.4 Å². The average molecular weight is 349 g/mol. The highest BCUT2D eigenvalue weighted by Gasteiger charge is 2.21. The smallest absolute Gasteiger partial charge is 0.264 e. The molecule has 2 aromatic heterocycles. The largest absolute Gasteiger partial charge is 0.508 e. The van der Waals surface area contributed by atoms with Gasteiger partial charge in [0.05, 0.1) is 24.5 Å². The number of aromatic nitrogens is 4. The molecule has 8 heteroatoms. The second-order valence-electron chi connectivity index (χ2n) is 5.57. The molecule has 0 spiro atoms. The number of nitrogens with one attached hydrogen (secondary N) is 2. The number of carbonyl (C=O) groups is 1. The molecule has 0 saturated carbocycles. The molecule has 0 unspecified atom stereocenters. The van der Waals surface area contributed by atoms with Crippen LogP contribution in [0.3, 0.4) is 0 Å². The van der Waals surface area contributed by atoms with Gasteiger partial charge in [0.25, 0.3) is 5.91 Å².